The van der Waals surface area contributed by atoms with Crippen molar-refractivity contribution in [2.75, 3.05) is 6.54 Å². The number of alkyl carbamates (subject to hydrolysis) is 1. The van der Waals surface area contributed by atoms with Gasteiger partial charge in [-0.1, -0.05) is 30.3 Å². The summed E-state index contributed by atoms with van der Waals surface area (Å²) in [6.07, 6.45) is -0.529. The molecule has 0 saturated heterocycles. The van der Waals surface area contributed by atoms with Crippen LogP contribution in [-0.4, -0.2) is 23.3 Å². The van der Waals surface area contributed by atoms with Gasteiger partial charge in [-0.3, -0.25) is 0 Å². The predicted molar refractivity (Wildman–Crippen MR) is 70.2 cm³/mol. The van der Waals surface area contributed by atoms with Crippen LogP contribution < -0.4 is 5.32 Å². The topological polar surface area (TPSA) is 58.6 Å². The lowest BCUT2D eigenvalue weighted by Gasteiger charge is -2.26. The molecule has 1 aromatic rings. The van der Waals surface area contributed by atoms with Crippen molar-refractivity contribution >= 4 is 6.09 Å². The van der Waals surface area contributed by atoms with Crippen molar-refractivity contribution < 1.29 is 14.6 Å². The van der Waals surface area contributed by atoms with E-state index in [2.05, 4.69) is 5.32 Å². The molecule has 0 aromatic heterocycles. The van der Waals surface area contributed by atoms with Crippen molar-refractivity contribution in [3.63, 3.8) is 0 Å². The fourth-order valence-corrected chi connectivity index (χ4v) is 1.46. The molecule has 1 rings (SSSR count). The van der Waals surface area contributed by atoms with Crippen LogP contribution in [0, 0.1) is 0 Å². The van der Waals surface area contributed by atoms with E-state index in [0.717, 1.165) is 5.56 Å². The average molecular weight is 251 g/mol. The van der Waals surface area contributed by atoms with Crippen LogP contribution in [0.1, 0.15) is 33.3 Å². The molecular weight excluding hydrogens is 230 g/mol. The molecule has 0 spiro atoms. The second-order valence-corrected chi connectivity index (χ2v) is 5.50. The largest absolute Gasteiger partial charge is 0.444 e. The van der Waals surface area contributed by atoms with E-state index in [1.807, 2.05) is 30.3 Å². The fraction of sp³-hybridized carbons (Fsp3) is 0.500. The van der Waals surface area contributed by atoms with Gasteiger partial charge in [0.15, 0.2) is 0 Å². The Labute approximate surface area is 108 Å². The molecule has 0 aliphatic heterocycles. The van der Waals surface area contributed by atoms with Crippen molar-refractivity contribution in [3.05, 3.63) is 35.9 Å². The Morgan fingerprint density at radius 3 is 2.28 bits per heavy atom. The molecule has 0 heterocycles. The van der Waals surface area contributed by atoms with Gasteiger partial charge in [0, 0.05) is 0 Å². The number of nitrogens with one attached hydrogen (secondary N) is 1. The quantitative estimate of drug-likeness (QED) is 0.867. The minimum atomic E-state index is -1.11. The Bertz CT molecular complexity index is 393. The van der Waals surface area contributed by atoms with Gasteiger partial charge in [0.2, 0.25) is 0 Å². The first-order valence-corrected chi connectivity index (χ1v) is 5.95. The Morgan fingerprint density at radius 2 is 1.78 bits per heavy atom. The van der Waals surface area contributed by atoms with Crippen molar-refractivity contribution in [2.45, 2.75) is 38.9 Å². The molecule has 1 unspecified atom stereocenters. The van der Waals surface area contributed by atoms with E-state index < -0.39 is 17.3 Å². The smallest absolute Gasteiger partial charge is 0.407 e. The molecule has 2 N–H and O–H groups in total. The molecule has 0 aliphatic rings. The predicted octanol–water partition coefficient (Wildman–Crippen LogP) is 2.42. The van der Waals surface area contributed by atoms with Gasteiger partial charge in [-0.2, -0.15) is 0 Å². The number of amides is 1. The number of hydrogen-bond acceptors (Lipinski definition) is 3. The maximum absolute atomic E-state index is 11.5. The number of carbonyl (C=O) groups excluding carboxylic acids is 1. The lowest BCUT2D eigenvalue weighted by Crippen LogP contribution is -2.41. The second-order valence-electron chi connectivity index (χ2n) is 5.50. The molecule has 4 nitrogen and oxygen atoms in total. The van der Waals surface area contributed by atoms with E-state index in [9.17, 15) is 9.90 Å². The molecule has 1 atom stereocenters. The van der Waals surface area contributed by atoms with Gasteiger partial charge in [0.1, 0.15) is 11.2 Å². The van der Waals surface area contributed by atoms with E-state index in [1.54, 1.807) is 27.7 Å². The van der Waals surface area contributed by atoms with Crippen molar-refractivity contribution in [1.29, 1.82) is 0 Å². The van der Waals surface area contributed by atoms with Crippen molar-refractivity contribution in [1.82, 2.24) is 5.32 Å². The Hall–Kier alpha value is -1.55. The SMILES string of the molecule is CC(C)(C)OC(=O)NCC(C)(O)c1ccccc1. The van der Waals surface area contributed by atoms with Gasteiger partial charge in [0.25, 0.3) is 0 Å². The third-order valence-electron chi connectivity index (χ3n) is 2.37. The highest BCUT2D eigenvalue weighted by Crippen LogP contribution is 2.19. The van der Waals surface area contributed by atoms with Crippen LogP contribution in [-0.2, 0) is 10.3 Å². The summed E-state index contributed by atoms with van der Waals surface area (Å²) >= 11 is 0. The van der Waals surface area contributed by atoms with Crippen LogP contribution in [0.3, 0.4) is 0 Å². The van der Waals surface area contributed by atoms with Gasteiger partial charge in [0.05, 0.1) is 6.54 Å². The summed E-state index contributed by atoms with van der Waals surface area (Å²) in [5, 5.41) is 12.8. The lowest BCUT2D eigenvalue weighted by molar-refractivity contribution is 0.0317. The normalized spacial score (nSPS) is 14.7. The molecule has 0 aliphatic carbocycles. The number of hydrogen-bond donors (Lipinski definition) is 2. The molecular formula is C14H21NO3. The zero-order valence-corrected chi connectivity index (χ0v) is 11.4. The molecule has 100 valence electrons. The molecule has 1 aromatic carbocycles. The van der Waals surface area contributed by atoms with Crippen molar-refractivity contribution in [2.24, 2.45) is 0 Å². The van der Waals surface area contributed by atoms with Crippen LogP contribution in [0.4, 0.5) is 4.79 Å². The minimum Gasteiger partial charge on any atom is -0.444 e. The van der Waals surface area contributed by atoms with E-state index in [-0.39, 0.29) is 6.54 Å². The number of benzene rings is 1. The Morgan fingerprint density at radius 1 is 1.22 bits per heavy atom. The summed E-state index contributed by atoms with van der Waals surface area (Å²) in [6.45, 7) is 7.14. The monoisotopic (exact) mass is 251 g/mol. The maximum atomic E-state index is 11.5. The standard InChI is InChI=1S/C14H21NO3/c1-13(2,3)18-12(16)15-10-14(4,17)11-8-6-5-7-9-11/h5-9,17H,10H2,1-4H3,(H,15,16). The summed E-state index contributed by atoms with van der Waals surface area (Å²) in [5.74, 6) is 0. The van der Waals surface area contributed by atoms with E-state index in [4.69, 9.17) is 4.74 Å². The van der Waals surface area contributed by atoms with Gasteiger partial charge < -0.3 is 15.2 Å². The van der Waals surface area contributed by atoms with Crippen LogP contribution >= 0.6 is 0 Å². The molecule has 0 radical (unpaired) electrons. The van der Waals surface area contributed by atoms with E-state index >= 15 is 0 Å². The number of rotatable bonds is 3. The van der Waals surface area contributed by atoms with E-state index in [1.165, 1.54) is 0 Å². The summed E-state index contributed by atoms with van der Waals surface area (Å²) in [7, 11) is 0. The van der Waals surface area contributed by atoms with Crippen LogP contribution in [0.2, 0.25) is 0 Å². The highest BCUT2D eigenvalue weighted by molar-refractivity contribution is 5.67. The first-order valence-electron chi connectivity index (χ1n) is 5.95. The third kappa shape index (κ3) is 4.75. The fourth-order valence-electron chi connectivity index (χ4n) is 1.46. The van der Waals surface area contributed by atoms with Crippen LogP contribution in [0.5, 0.6) is 0 Å². The maximum Gasteiger partial charge on any atom is 0.407 e. The van der Waals surface area contributed by atoms with Crippen LogP contribution in [0.15, 0.2) is 30.3 Å². The first-order chi connectivity index (χ1) is 8.21. The first kappa shape index (κ1) is 14.5. The zero-order chi connectivity index (χ0) is 13.8. The molecule has 1 amide bonds. The second kappa shape index (κ2) is 5.40. The Balaban J connectivity index is 2.55. The summed E-state index contributed by atoms with van der Waals surface area (Å²) in [4.78, 5) is 11.5. The average Bonchev–Trinajstić information content (AvgIpc) is 2.26. The molecule has 0 fully saturated rings. The summed E-state index contributed by atoms with van der Waals surface area (Å²) < 4.78 is 5.11. The van der Waals surface area contributed by atoms with Gasteiger partial charge in [-0.25, -0.2) is 4.79 Å². The molecule has 18 heavy (non-hydrogen) atoms. The summed E-state index contributed by atoms with van der Waals surface area (Å²) in [6, 6.07) is 9.20. The molecule has 4 heteroatoms. The lowest BCUT2D eigenvalue weighted by atomic mass is 9.96. The highest BCUT2D eigenvalue weighted by Gasteiger charge is 2.25. The zero-order valence-electron chi connectivity index (χ0n) is 11.4. The summed E-state index contributed by atoms with van der Waals surface area (Å²) in [5.41, 5.74) is -0.901. The number of ether oxygens (including phenoxy) is 1. The Kier molecular flexibility index (Phi) is 4.35. The van der Waals surface area contributed by atoms with E-state index in [0.29, 0.717) is 0 Å². The van der Waals surface area contributed by atoms with Gasteiger partial charge in [-0.15, -0.1) is 0 Å². The number of aliphatic hydroxyl groups is 1. The van der Waals surface area contributed by atoms with Gasteiger partial charge >= 0.3 is 6.09 Å². The van der Waals surface area contributed by atoms with Crippen molar-refractivity contribution in [3.8, 4) is 0 Å². The number of carbonyl (C=O) groups is 1. The highest BCUT2D eigenvalue weighted by atomic mass is 16.6. The molecule has 0 saturated carbocycles. The minimum absolute atomic E-state index is 0.103. The van der Waals surface area contributed by atoms with Crippen LogP contribution in [0.25, 0.3) is 0 Å². The molecule has 0 bridgehead atoms. The third-order valence-corrected chi connectivity index (χ3v) is 2.37. The van der Waals surface area contributed by atoms with Gasteiger partial charge in [-0.05, 0) is 33.3 Å².